The quantitative estimate of drug-likeness (QED) is 0.274. The predicted molar refractivity (Wildman–Crippen MR) is 148 cm³/mol. The van der Waals surface area contributed by atoms with Crippen LogP contribution in [0.2, 0.25) is 0 Å². The molecule has 1 atom stereocenters. The van der Waals surface area contributed by atoms with E-state index in [1.54, 1.807) is 30.4 Å². The summed E-state index contributed by atoms with van der Waals surface area (Å²) in [6.07, 6.45) is 5.23. The van der Waals surface area contributed by atoms with E-state index < -0.39 is 6.04 Å². The molecule has 1 N–H and O–H groups in total. The van der Waals surface area contributed by atoms with Gasteiger partial charge >= 0.3 is 5.97 Å². The van der Waals surface area contributed by atoms with E-state index >= 15 is 0 Å². The maximum atomic E-state index is 13.6. The summed E-state index contributed by atoms with van der Waals surface area (Å²) < 4.78 is 4.96. The van der Waals surface area contributed by atoms with Crippen LogP contribution in [0.5, 0.6) is 0 Å². The minimum Gasteiger partial charge on any atom is -0.467 e. The molecule has 1 saturated heterocycles. The van der Waals surface area contributed by atoms with Gasteiger partial charge in [0.15, 0.2) is 0 Å². The number of hydrogen-bond acceptors (Lipinski definition) is 7. The summed E-state index contributed by atoms with van der Waals surface area (Å²) >= 11 is 1.29. The molecule has 1 aliphatic rings. The zero-order valence-corrected chi connectivity index (χ0v) is 22.8. The van der Waals surface area contributed by atoms with E-state index in [1.807, 2.05) is 31.4 Å². The maximum Gasteiger partial charge on any atom is 0.328 e. The molecule has 1 amide bonds. The molecule has 1 fully saturated rings. The average Bonchev–Trinajstić information content (AvgIpc) is 3.34. The standard InChI is InChI=1S/C28H35N5O3S/c1-19(2)24(28(35)36-5)31-20(3)23-17-37-26(25(23)30-18-33-13-9-6-10-14-33)27(34)32(4)16-22-12-8-7-11-21(22)15-29/h7-8,11-12,17-19,24,31H,3,6,9-10,13-14,16H2,1-2,4-5H3/b30-18+. The number of ether oxygens (including phenoxy) is 1. The Morgan fingerprint density at radius 2 is 2.00 bits per heavy atom. The van der Waals surface area contributed by atoms with Gasteiger partial charge in [0.05, 0.1) is 30.8 Å². The molecule has 196 valence electrons. The van der Waals surface area contributed by atoms with E-state index in [9.17, 15) is 14.9 Å². The third-order valence-electron chi connectivity index (χ3n) is 6.37. The van der Waals surface area contributed by atoms with Gasteiger partial charge in [-0.05, 0) is 36.8 Å². The Morgan fingerprint density at radius 1 is 1.30 bits per heavy atom. The number of carbonyl (C=O) groups excluding carboxylic acids is 2. The number of aliphatic imine (C=N–C) groups is 1. The fourth-order valence-electron chi connectivity index (χ4n) is 4.18. The minimum atomic E-state index is -0.583. The lowest BCUT2D eigenvalue weighted by Crippen LogP contribution is -2.40. The van der Waals surface area contributed by atoms with Crippen LogP contribution in [0.1, 0.15) is 59.5 Å². The molecule has 0 aliphatic carbocycles. The van der Waals surface area contributed by atoms with Crippen molar-refractivity contribution in [3.8, 4) is 6.07 Å². The molecule has 1 aromatic carbocycles. The Morgan fingerprint density at radius 3 is 2.65 bits per heavy atom. The molecule has 1 aromatic heterocycles. The molecule has 0 radical (unpaired) electrons. The molecule has 1 aliphatic heterocycles. The summed E-state index contributed by atoms with van der Waals surface area (Å²) in [5, 5.41) is 14.5. The molecular weight excluding hydrogens is 486 g/mol. The summed E-state index contributed by atoms with van der Waals surface area (Å²) in [5.74, 6) is -0.608. The smallest absolute Gasteiger partial charge is 0.328 e. The number of thiophene rings is 1. The molecule has 37 heavy (non-hydrogen) atoms. The highest BCUT2D eigenvalue weighted by atomic mass is 32.1. The first-order valence-corrected chi connectivity index (χ1v) is 13.3. The van der Waals surface area contributed by atoms with E-state index in [-0.39, 0.29) is 17.8 Å². The largest absolute Gasteiger partial charge is 0.467 e. The molecule has 0 spiro atoms. The summed E-state index contributed by atoms with van der Waals surface area (Å²) in [7, 11) is 3.07. The second-order valence-corrected chi connectivity index (χ2v) is 10.3. The summed E-state index contributed by atoms with van der Waals surface area (Å²) in [5.41, 5.74) is 3.01. The van der Waals surface area contributed by atoms with Crippen LogP contribution >= 0.6 is 11.3 Å². The van der Waals surface area contributed by atoms with Crippen molar-refractivity contribution in [1.29, 1.82) is 5.26 Å². The Labute approximate surface area is 223 Å². The van der Waals surface area contributed by atoms with Crippen molar-refractivity contribution in [2.45, 2.75) is 45.7 Å². The fraction of sp³-hybridized carbons (Fsp3) is 0.429. The first-order valence-electron chi connectivity index (χ1n) is 12.4. The second kappa shape index (κ2) is 13.1. The lowest BCUT2D eigenvalue weighted by molar-refractivity contribution is -0.143. The van der Waals surface area contributed by atoms with Gasteiger partial charge in [-0.1, -0.05) is 38.6 Å². The predicted octanol–water partition coefficient (Wildman–Crippen LogP) is 4.80. The SMILES string of the molecule is C=C(NC(C(=O)OC)C(C)C)c1csc(C(=O)N(C)Cc2ccccc2C#N)c1/N=C/N1CCCCC1. The van der Waals surface area contributed by atoms with Crippen molar-refractivity contribution in [3.05, 3.63) is 57.8 Å². The Kier molecular flexibility index (Phi) is 9.86. The van der Waals surface area contributed by atoms with Crippen molar-refractivity contribution in [2.24, 2.45) is 10.9 Å². The number of rotatable bonds is 10. The number of piperidine rings is 1. The van der Waals surface area contributed by atoms with Gasteiger partial charge in [0, 0.05) is 43.3 Å². The zero-order valence-electron chi connectivity index (χ0n) is 22.0. The molecule has 0 saturated carbocycles. The van der Waals surface area contributed by atoms with Gasteiger partial charge in [0.2, 0.25) is 0 Å². The highest BCUT2D eigenvalue weighted by Gasteiger charge is 2.27. The number of amides is 1. The van der Waals surface area contributed by atoms with Crippen molar-refractivity contribution < 1.29 is 14.3 Å². The summed E-state index contributed by atoms with van der Waals surface area (Å²) in [6.45, 7) is 10.2. The number of esters is 1. The van der Waals surface area contributed by atoms with E-state index in [0.717, 1.165) is 31.5 Å². The normalized spacial score (nSPS) is 14.3. The lowest BCUT2D eigenvalue weighted by Gasteiger charge is -2.24. The van der Waals surface area contributed by atoms with Gasteiger partial charge in [-0.3, -0.25) is 4.79 Å². The first kappa shape index (κ1) is 27.9. The Balaban J connectivity index is 1.92. The van der Waals surface area contributed by atoms with Gasteiger partial charge < -0.3 is 19.9 Å². The number of likely N-dealkylation sites (tertiary alicyclic amines) is 1. The summed E-state index contributed by atoms with van der Waals surface area (Å²) in [4.78, 5) is 34.9. The fourth-order valence-corrected chi connectivity index (χ4v) is 5.20. The van der Waals surface area contributed by atoms with Crippen molar-refractivity contribution in [2.75, 3.05) is 27.2 Å². The minimum absolute atomic E-state index is 0.0319. The van der Waals surface area contributed by atoms with Crippen LogP contribution in [0.15, 0.2) is 41.2 Å². The van der Waals surface area contributed by atoms with Gasteiger partial charge in [-0.25, -0.2) is 9.79 Å². The molecule has 9 heteroatoms. The highest BCUT2D eigenvalue weighted by molar-refractivity contribution is 7.13. The van der Waals surface area contributed by atoms with Gasteiger partial charge in [0.1, 0.15) is 10.9 Å². The van der Waals surface area contributed by atoms with Crippen molar-refractivity contribution >= 4 is 40.9 Å². The number of carbonyl (C=O) groups is 2. The maximum absolute atomic E-state index is 13.6. The number of nitriles is 1. The Hall–Kier alpha value is -3.64. The van der Waals surface area contributed by atoms with Crippen LogP contribution in [0.3, 0.4) is 0 Å². The number of benzene rings is 1. The molecular formula is C28H35N5O3S. The number of nitrogens with one attached hydrogen (secondary N) is 1. The zero-order chi connectivity index (χ0) is 26.9. The number of hydrogen-bond donors (Lipinski definition) is 1. The van der Waals surface area contributed by atoms with Crippen LogP contribution in [-0.4, -0.2) is 61.3 Å². The molecule has 2 heterocycles. The average molecular weight is 522 g/mol. The molecule has 2 aromatic rings. The van der Waals surface area contributed by atoms with Crippen molar-refractivity contribution in [3.63, 3.8) is 0 Å². The third-order valence-corrected chi connectivity index (χ3v) is 7.33. The van der Waals surface area contributed by atoms with Crippen LogP contribution < -0.4 is 5.32 Å². The third kappa shape index (κ3) is 6.98. The molecule has 0 bridgehead atoms. The molecule has 1 unspecified atom stereocenters. The monoisotopic (exact) mass is 521 g/mol. The topological polar surface area (TPSA) is 98.0 Å². The number of methoxy groups -OCH3 is 1. The van der Waals surface area contributed by atoms with Crippen LogP contribution in [-0.2, 0) is 16.1 Å². The second-order valence-electron chi connectivity index (χ2n) is 9.47. The van der Waals surface area contributed by atoms with Crippen LogP contribution in [0.4, 0.5) is 5.69 Å². The Bertz CT molecular complexity index is 1190. The van der Waals surface area contributed by atoms with E-state index in [2.05, 4.69) is 22.9 Å². The van der Waals surface area contributed by atoms with E-state index in [1.165, 1.54) is 24.9 Å². The highest BCUT2D eigenvalue weighted by Crippen LogP contribution is 2.36. The van der Waals surface area contributed by atoms with Crippen LogP contribution in [0.25, 0.3) is 5.70 Å². The first-order chi connectivity index (χ1) is 17.8. The molecule has 8 nitrogen and oxygen atoms in total. The molecule has 3 rings (SSSR count). The van der Waals surface area contributed by atoms with E-state index in [0.29, 0.717) is 33.9 Å². The lowest BCUT2D eigenvalue weighted by atomic mass is 10.0. The van der Waals surface area contributed by atoms with Crippen molar-refractivity contribution in [1.82, 2.24) is 15.1 Å². The number of nitrogens with zero attached hydrogens (tertiary/aromatic N) is 4. The van der Waals surface area contributed by atoms with Gasteiger partial charge in [-0.2, -0.15) is 5.26 Å². The van der Waals surface area contributed by atoms with Crippen LogP contribution in [0, 0.1) is 17.2 Å². The van der Waals surface area contributed by atoms with Gasteiger partial charge in [-0.15, -0.1) is 11.3 Å². The van der Waals surface area contributed by atoms with Gasteiger partial charge in [0.25, 0.3) is 5.91 Å². The van der Waals surface area contributed by atoms with E-state index in [4.69, 9.17) is 9.73 Å². The summed E-state index contributed by atoms with van der Waals surface area (Å²) in [6, 6.07) is 8.86.